The van der Waals surface area contributed by atoms with Gasteiger partial charge in [0.2, 0.25) is 5.91 Å². The van der Waals surface area contributed by atoms with Crippen molar-refractivity contribution in [3.63, 3.8) is 0 Å². The highest BCUT2D eigenvalue weighted by atomic mass is 16.2. The molecule has 0 aliphatic carbocycles. The first kappa shape index (κ1) is 13.0. The number of aromatic nitrogens is 6. The molecule has 0 aliphatic heterocycles. The Labute approximate surface area is 120 Å². The summed E-state index contributed by atoms with van der Waals surface area (Å²) in [6.45, 7) is 0.508. The standard InChI is InChI=1S/C13H13N7O/c21-13(9-19-10-15-17-18-19)14-6-11-7-16-20(8-11)12-4-2-1-3-5-12/h1-5,7-8,10H,6,9H2,(H,14,21). The van der Waals surface area contributed by atoms with Crippen molar-refractivity contribution in [3.8, 4) is 5.69 Å². The van der Waals surface area contributed by atoms with Crippen LogP contribution in [-0.2, 0) is 17.9 Å². The monoisotopic (exact) mass is 283 g/mol. The van der Waals surface area contributed by atoms with E-state index in [4.69, 9.17) is 0 Å². The highest BCUT2D eigenvalue weighted by Gasteiger charge is 2.05. The highest BCUT2D eigenvalue weighted by Crippen LogP contribution is 2.07. The molecule has 0 fully saturated rings. The zero-order valence-corrected chi connectivity index (χ0v) is 11.1. The van der Waals surface area contributed by atoms with Gasteiger partial charge in [0.05, 0.1) is 11.9 Å². The Balaban J connectivity index is 1.56. The molecule has 3 aromatic rings. The minimum atomic E-state index is -0.158. The van der Waals surface area contributed by atoms with E-state index in [1.807, 2.05) is 36.5 Å². The number of carbonyl (C=O) groups excluding carboxylic acids is 1. The molecule has 1 N–H and O–H groups in total. The number of tetrazole rings is 1. The summed E-state index contributed by atoms with van der Waals surface area (Å²) in [4.78, 5) is 11.7. The van der Waals surface area contributed by atoms with Crippen LogP contribution in [0, 0.1) is 0 Å². The van der Waals surface area contributed by atoms with E-state index in [-0.39, 0.29) is 12.5 Å². The van der Waals surface area contributed by atoms with Gasteiger partial charge in [0, 0.05) is 18.3 Å². The molecule has 1 aromatic carbocycles. The van der Waals surface area contributed by atoms with Gasteiger partial charge in [0.25, 0.3) is 0 Å². The number of hydrogen-bond donors (Lipinski definition) is 1. The second-order valence-electron chi connectivity index (χ2n) is 4.41. The topological polar surface area (TPSA) is 90.5 Å². The van der Waals surface area contributed by atoms with E-state index in [2.05, 4.69) is 25.9 Å². The van der Waals surface area contributed by atoms with Crippen molar-refractivity contribution in [2.24, 2.45) is 0 Å². The normalized spacial score (nSPS) is 10.5. The smallest absolute Gasteiger partial charge is 0.242 e. The van der Waals surface area contributed by atoms with Gasteiger partial charge in [-0.05, 0) is 22.6 Å². The second kappa shape index (κ2) is 5.95. The fourth-order valence-corrected chi connectivity index (χ4v) is 1.83. The third-order valence-corrected chi connectivity index (χ3v) is 2.84. The van der Waals surface area contributed by atoms with E-state index >= 15 is 0 Å². The zero-order valence-electron chi connectivity index (χ0n) is 11.1. The third kappa shape index (κ3) is 3.30. The van der Waals surface area contributed by atoms with Crippen LogP contribution in [0.3, 0.4) is 0 Å². The summed E-state index contributed by atoms with van der Waals surface area (Å²) >= 11 is 0. The lowest BCUT2D eigenvalue weighted by Crippen LogP contribution is -2.27. The van der Waals surface area contributed by atoms with Gasteiger partial charge in [-0.3, -0.25) is 4.79 Å². The predicted molar refractivity (Wildman–Crippen MR) is 73.2 cm³/mol. The Morgan fingerprint density at radius 3 is 2.86 bits per heavy atom. The molecule has 0 saturated heterocycles. The van der Waals surface area contributed by atoms with Crippen molar-refractivity contribution in [2.75, 3.05) is 0 Å². The Morgan fingerprint density at radius 2 is 2.10 bits per heavy atom. The number of nitrogens with one attached hydrogen (secondary N) is 1. The summed E-state index contributed by atoms with van der Waals surface area (Å²) in [5.74, 6) is -0.158. The van der Waals surface area contributed by atoms with E-state index in [0.29, 0.717) is 6.54 Å². The Bertz CT molecular complexity index is 705. The van der Waals surface area contributed by atoms with Crippen LogP contribution in [0.25, 0.3) is 5.69 Å². The lowest BCUT2D eigenvalue weighted by atomic mass is 10.3. The average molecular weight is 283 g/mol. The summed E-state index contributed by atoms with van der Waals surface area (Å²) < 4.78 is 3.13. The van der Waals surface area contributed by atoms with E-state index in [0.717, 1.165) is 11.3 Å². The molecule has 106 valence electrons. The fourth-order valence-electron chi connectivity index (χ4n) is 1.83. The van der Waals surface area contributed by atoms with E-state index in [1.165, 1.54) is 11.0 Å². The number of rotatable bonds is 5. The zero-order chi connectivity index (χ0) is 14.5. The first-order valence-corrected chi connectivity index (χ1v) is 6.38. The van der Waals surface area contributed by atoms with Gasteiger partial charge in [0.1, 0.15) is 12.9 Å². The molecule has 8 nitrogen and oxygen atoms in total. The van der Waals surface area contributed by atoms with Crippen LogP contribution in [0.4, 0.5) is 0 Å². The lowest BCUT2D eigenvalue weighted by molar-refractivity contribution is -0.122. The first-order valence-electron chi connectivity index (χ1n) is 6.38. The predicted octanol–water partition coefficient (Wildman–Crippen LogP) is 0.175. The number of carbonyl (C=O) groups is 1. The number of amides is 1. The summed E-state index contributed by atoms with van der Waals surface area (Å²) in [6.07, 6.45) is 5.00. The lowest BCUT2D eigenvalue weighted by Gasteiger charge is -2.02. The van der Waals surface area contributed by atoms with Crippen molar-refractivity contribution < 1.29 is 4.79 Å². The fraction of sp³-hybridized carbons (Fsp3) is 0.154. The quantitative estimate of drug-likeness (QED) is 0.721. The maximum absolute atomic E-state index is 11.7. The van der Waals surface area contributed by atoms with Gasteiger partial charge >= 0.3 is 0 Å². The molecule has 0 bridgehead atoms. The van der Waals surface area contributed by atoms with E-state index in [9.17, 15) is 4.79 Å². The van der Waals surface area contributed by atoms with Crippen molar-refractivity contribution in [1.82, 2.24) is 35.3 Å². The van der Waals surface area contributed by atoms with Gasteiger partial charge in [-0.25, -0.2) is 9.36 Å². The van der Waals surface area contributed by atoms with Crippen molar-refractivity contribution >= 4 is 5.91 Å². The van der Waals surface area contributed by atoms with Crippen molar-refractivity contribution in [2.45, 2.75) is 13.1 Å². The van der Waals surface area contributed by atoms with E-state index < -0.39 is 0 Å². The largest absolute Gasteiger partial charge is 0.350 e. The minimum Gasteiger partial charge on any atom is -0.350 e. The Kier molecular flexibility index (Phi) is 3.68. The Hall–Kier alpha value is -3.03. The summed E-state index contributed by atoms with van der Waals surface area (Å²) in [5.41, 5.74) is 1.90. The molecule has 0 radical (unpaired) electrons. The highest BCUT2D eigenvalue weighted by molar-refractivity contribution is 5.75. The molecule has 0 saturated carbocycles. The summed E-state index contributed by atoms with van der Waals surface area (Å²) in [6, 6.07) is 9.78. The van der Waals surface area contributed by atoms with Gasteiger partial charge in [-0.1, -0.05) is 18.2 Å². The molecular formula is C13H13N7O. The van der Waals surface area contributed by atoms with Gasteiger partial charge in [0.15, 0.2) is 0 Å². The van der Waals surface area contributed by atoms with Gasteiger partial charge in [-0.2, -0.15) is 5.10 Å². The molecule has 2 heterocycles. The molecule has 1 amide bonds. The van der Waals surface area contributed by atoms with Crippen molar-refractivity contribution in [1.29, 1.82) is 0 Å². The molecule has 21 heavy (non-hydrogen) atoms. The molecule has 0 aliphatic rings. The maximum Gasteiger partial charge on any atom is 0.242 e. The molecule has 0 atom stereocenters. The minimum absolute atomic E-state index is 0.0970. The Morgan fingerprint density at radius 1 is 1.24 bits per heavy atom. The van der Waals surface area contributed by atoms with Crippen LogP contribution in [-0.4, -0.2) is 35.9 Å². The molecule has 0 spiro atoms. The van der Waals surface area contributed by atoms with Crippen LogP contribution in [0.5, 0.6) is 0 Å². The number of para-hydroxylation sites is 1. The summed E-state index contributed by atoms with van der Waals surface area (Å²) in [7, 11) is 0. The molecule has 2 aromatic heterocycles. The number of nitrogens with zero attached hydrogens (tertiary/aromatic N) is 6. The number of hydrogen-bond acceptors (Lipinski definition) is 5. The van der Waals surface area contributed by atoms with Crippen LogP contribution < -0.4 is 5.32 Å². The first-order chi connectivity index (χ1) is 10.3. The van der Waals surface area contributed by atoms with E-state index in [1.54, 1.807) is 10.9 Å². The molecular weight excluding hydrogens is 270 g/mol. The van der Waals surface area contributed by atoms with Crippen LogP contribution in [0.1, 0.15) is 5.56 Å². The van der Waals surface area contributed by atoms with Crippen molar-refractivity contribution in [3.05, 3.63) is 54.6 Å². The van der Waals surface area contributed by atoms with Crippen LogP contribution in [0.15, 0.2) is 49.1 Å². The van der Waals surface area contributed by atoms with Crippen LogP contribution >= 0.6 is 0 Å². The molecule has 8 heteroatoms. The molecule has 0 unspecified atom stereocenters. The second-order valence-corrected chi connectivity index (χ2v) is 4.41. The van der Waals surface area contributed by atoms with Crippen LogP contribution in [0.2, 0.25) is 0 Å². The van der Waals surface area contributed by atoms with Gasteiger partial charge in [-0.15, -0.1) is 5.10 Å². The molecule has 3 rings (SSSR count). The number of benzene rings is 1. The average Bonchev–Trinajstić information content (AvgIpc) is 3.17. The SMILES string of the molecule is O=C(Cn1cnnn1)NCc1cnn(-c2ccccc2)c1. The van der Waals surface area contributed by atoms with Gasteiger partial charge < -0.3 is 5.32 Å². The summed E-state index contributed by atoms with van der Waals surface area (Å²) in [5, 5.41) is 17.6. The maximum atomic E-state index is 11.7. The third-order valence-electron chi connectivity index (χ3n) is 2.84.